The summed E-state index contributed by atoms with van der Waals surface area (Å²) < 4.78 is 6.24. The summed E-state index contributed by atoms with van der Waals surface area (Å²) in [5.41, 5.74) is 2.70. The fraction of sp³-hybridized carbons (Fsp3) is 0.625. The van der Waals surface area contributed by atoms with Crippen molar-refractivity contribution in [1.29, 1.82) is 0 Å². The van der Waals surface area contributed by atoms with Gasteiger partial charge in [0.15, 0.2) is 0 Å². The molecule has 0 N–H and O–H groups in total. The number of anilines is 1. The largest absolute Gasteiger partial charge is 0.488 e. The van der Waals surface area contributed by atoms with E-state index in [1.165, 1.54) is 11.3 Å². The van der Waals surface area contributed by atoms with Gasteiger partial charge in [0.2, 0.25) is 0 Å². The summed E-state index contributed by atoms with van der Waals surface area (Å²) in [6, 6.07) is 6.63. The molecule has 1 aromatic rings. The van der Waals surface area contributed by atoms with Crippen molar-refractivity contribution >= 4 is 5.69 Å². The van der Waals surface area contributed by atoms with Gasteiger partial charge in [-0.05, 0) is 37.9 Å². The van der Waals surface area contributed by atoms with E-state index < -0.39 is 0 Å². The van der Waals surface area contributed by atoms with E-state index >= 15 is 0 Å². The van der Waals surface area contributed by atoms with Gasteiger partial charge < -0.3 is 14.5 Å². The van der Waals surface area contributed by atoms with Crippen LogP contribution in [0.2, 0.25) is 0 Å². The molecule has 0 spiro atoms. The molecule has 0 saturated carbocycles. The predicted molar refractivity (Wildman–Crippen MR) is 79.2 cm³/mol. The average molecular weight is 260 g/mol. The standard InChI is InChI=1S/C16H24N2O/c1-3-14-8-7-13-5-4-6-15(16(13)19-14)18-11-9-17(2)10-12-18/h4-6,14H,3,7-12H2,1-2H3. The van der Waals surface area contributed by atoms with Crippen LogP contribution in [0.4, 0.5) is 5.69 Å². The number of likely N-dealkylation sites (N-methyl/N-ethyl adjacent to an activating group) is 1. The van der Waals surface area contributed by atoms with Gasteiger partial charge in [-0.1, -0.05) is 19.1 Å². The van der Waals surface area contributed by atoms with Gasteiger partial charge in [-0.15, -0.1) is 0 Å². The van der Waals surface area contributed by atoms with Crippen LogP contribution in [0, 0.1) is 0 Å². The highest BCUT2D eigenvalue weighted by atomic mass is 16.5. The van der Waals surface area contributed by atoms with Crippen molar-refractivity contribution in [2.45, 2.75) is 32.3 Å². The highest BCUT2D eigenvalue weighted by Crippen LogP contribution is 2.38. The first-order valence-electron chi connectivity index (χ1n) is 7.50. The van der Waals surface area contributed by atoms with Crippen LogP contribution in [0.3, 0.4) is 0 Å². The topological polar surface area (TPSA) is 15.7 Å². The molecule has 19 heavy (non-hydrogen) atoms. The summed E-state index contributed by atoms with van der Waals surface area (Å²) in [6.07, 6.45) is 3.84. The summed E-state index contributed by atoms with van der Waals surface area (Å²) in [5, 5.41) is 0. The summed E-state index contributed by atoms with van der Waals surface area (Å²) >= 11 is 0. The highest BCUT2D eigenvalue weighted by Gasteiger charge is 2.24. The van der Waals surface area contributed by atoms with E-state index in [1.54, 1.807) is 0 Å². The van der Waals surface area contributed by atoms with Crippen LogP contribution in [0.25, 0.3) is 0 Å². The van der Waals surface area contributed by atoms with Gasteiger partial charge in [-0.25, -0.2) is 0 Å². The van der Waals surface area contributed by atoms with Gasteiger partial charge in [0.1, 0.15) is 5.75 Å². The van der Waals surface area contributed by atoms with Crippen molar-refractivity contribution in [1.82, 2.24) is 4.90 Å². The molecule has 1 fully saturated rings. The molecule has 1 saturated heterocycles. The van der Waals surface area contributed by atoms with Crippen molar-refractivity contribution < 1.29 is 4.74 Å². The van der Waals surface area contributed by atoms with Crippen LogP contribution >= 0.6 is 0 Å². The Bertz CT molecular complexity index is 438. The Kier molecular flexibility index (Phi) is 3.65. The van der Waals surface area contributed by atoms with Gasteiger partial charge in [-0.2, -0.15) is 0 Å². The van der Waals surface area contributed by atoms with Crippen LogP contribution in [0.1, 0.15) is 25.3 Å². The number of fused-ring (bicyclic) bond motifs is 1. The highest BCUT2D eigenvalue weighted by molar-refractivity contribution is 5.63. The molecule has 1 unspecified atom stereocenters. The maximum atomic E-state index is 6.24. The summed E-state index contributed by atoms with van der Waals surface area (Å²) in [5.74, 6) is 1.16. The molecule has 104 valence electrons. The number of nitrogens with zero attached hydrogens (tertiary/aromatic N) is 2. The third-order valence-electron chi connectivity index (χ3n) is 4.40. The molecule has 1 atom stereocenters. The third kappa shape index (κ3) is 2.57. The normalized spacial score (nSPS) is 23.9. The van der Waals surface area contributed by atoms with Crippen molar-refractivity contribution in [2.24, 2.45) is 0 Å². The Labute approximate surface area is 116 Å². The molecule has 0 radical (unpaired) electrons. The second-order valence-corrected chi connectivity index (χ2v) is 5.74. The Morgan fingerprint density at radius 2 is 2.00 bits per heavy atom. The number of aryl methyl sites for hydroxylation is 1. The molecular formula is C16H24N2O. The van der Waals surface area contributed by atoms with Crippen molar-refractivity contribution in [2.75, 3.05) is 38.1 Å². The van der Waals surface area contributed by atoms with Gasteiger partial charge >= 0.3 is 0 Å². The zero-order chi connectivity index (χ0) is 13.2. The molecule has 2 aliphatic heterocycles. The van der Waals surface area contributed by atoms with E-state index in [1.807, 2.05) is 0 Å². The van der Waals surface area contributed by atoms with E-state index in [4.69, 9.17) is 4.74 Å². The van der Waals surface area contributed by atoms with Crippen molar-refractivity contribution in [3.63, 3.8) is 0 Å². The number of ether oxygens (including phenoxy) is 1. The Morgan fingerprint density at radius 1 is 1.21 bits per heavy atom. The van der Waals surface area contributed by atoms with Gasteiger partial charge in [-0.3, -0.25) is 0 Å². The summed E-state index contributed by atoms with van der Waals surface area (Å²) in [6.45, 7) is 6.70. The second-order valence-electron chi connectivity index (χ2n) is 5.74. The van der Waals surface area contributed by atoms with E-state index in [-0.39, 0.29) is 0 Å². The third-order valence-corrected chi connectivity index (χ3v) is 4.40. The Morgan fingerprint density at radius 3 is 2.74 bits per heavy atom. The van der Waals surface area contributed by atoms with E-state index in [2.05, 4.69) is 42.0 Å². The lowest BCUT2D eigenvalue weighted by molar-refractivity contribution is 0.169. The molecule has 3 rings (SSSR count). The van der Waals surface area contributed by atoms with Crippen molar-refractivity contribution in [3.8, 4) is 5.75 Å². The molecule has 3 nitrogen and oxygen atoms in total. The van der Waals surface area contributed by atoms with Crippen LogP contribution < -0.4 is 9.64 Å². The Hall–Kier alpha value is -1.22. The monoisotopic (exact) mass is 260 g/mol. The summed E-state index contributed by atoms with van der Waals surface area (Å²) in [7, 11) is 2.20. The quantitative estimate of drug-likeness (QED) is 0.813. The number of para-hydroxylation sites is 1. The second kappa shape index (κ2) is 5.41. The zero-order valence-electron chi connectivity index (χ0n) is 12.1. The zero-order valence-corrected chi connectivity index (χ0v) is 12.1. The fourth-order valence-corrected chi connectivity index (χ4v) is 3.03. The van der Waals surface area contributed by atoms with E-state index in [0.717, 1.165) is 51.2 Å². The summed E-state index contributed by atoms with van der Waals surface area (Å²) in [4.78, 5) is 4.87. The number of hydrogen-bond acceptors (Lipinski definition) is 3. The molecule has 0 amide bonds. The maximum absolute atomic E-state index is 6.24. The SMILES string of the molecule is CCC1CCc2cccc(N3CCN(C)CC3)c2O1. The first-order valence-corrected chi connectivity index (χ1v) is 7.50. The molecule has 0 aromatic heterocycles. The average Bonchev–Trinajstić information content (AvgIpc) is 2.47. The molecule has 0 bridgehead atoms. The smallest absolute Gasteiger partial charge is 0.146 e. The minimum Gasteiger partial charge on any atom is -0.488 e. The van der Waals surface area contributed by atoms with Crippen LogP contribution in [0.5, 0.6) is 5.75 Å². The van der Waals surface area contributed by atoms with Gasteiger partial charge in [0, 0.05) is 26.2 Å². The van der Waals surface area contributed by atoms with Gasteiger partial charge in [0.25, 0.3) is 0 Å². The first-order chi connectivity index (χ1) is 9.28. The lowest BCUT2D eigenvalue weighted by Gasteiger charge is -2.37. The van der Waals surface area contributed by atoms with Crippen LogP contribution in [-0.2, 0) is 6.42 Å². The van der Waals surface area contributed by atoms with E-state index in [0.29, 0.717) is 6.10 Å². The first kappa shape index (κ1) is 12.8. The molecule has 2 heterocycles. The minimum atomic E-state index is 0.404. The molecule has 3 heteroatoms. The number of hydrogen-bond donors (Lipinski definition) is 0. The maximum Gasteiger partial charge on any atom is 0.146 e. The minimum absolute atomic E-state index is 0.404. The van der Waals surface area contributed by atoms with Crippen molar-refractivity contribution in [3.05, 3.63) is 23.8 Å². The van der Waals surface area contributed by atoms with Crippen LogP contribution in [0.15, 0.2) is 18.2 Å². The van der Waals surface area contributed by atoms with Gasteiger partial charge in [0.05, 0.1) is 11.8 Å². The lowest BCUT2D eigenvalue weighted by atomic mass is 9.99. The number of benzene rings is 1. The lowest BCUT2D eigenvalue weighted by Crippen LogP contribution is -2.44. The number of piperazine rings is 1. The van der Waals surface area contributed by atoms with E-state index in [9.17, 15) is 0 Å². The fourth-order valence-electron chi connectivity index (χ4n) is 3.03. The number of rotatable bonds is 2. The molecule has 2 aliphatic rings. The Balaban J connectivity index is 1.86. The molecule has 0 aliphatic carbocycles. The predicted octanol–water partition coefficient (Wildman–Crippen LogP) is 2.54. The molecular weight excluding hydrogens is 236 g/mol. The van der Waals surface area contributed by atoms with Crippen LogP contribution in [-0.4, -0.2) is 44.2 Å². The molecule has 1 aromatic carbocycles.